The molecule has 1 amide bonds. The van der Waals surface area contributed by atoms with Crippen LogP contribution in [0.2, 0.25) is 0 Å². The van der Waals surface area contributed by atoms with E-state index in [1.807, 2.05) is 63.2 Å². The van der Waals surface area contributed by atoms with Crippen LogP contribution in [0.4, 0.5) is 0 Å². The molecule has 2 aromatic carbocycles. The van der Waals surface area contributed by atoms with Crippen LogP contribution in [-0.4, -0.2) is 22.5 Å². The normalized spacial score (nSPS) is 14.0. The van der Waals surface area contributed by atoms with Crippen LogP contribution in [0.1, 0.15) is 30.7 Å². The Labute approximate surface area is 186 Å². The second-order valence-corrected chi connectivity index (χ2v) is 7.07. The average molecular weight is 434 g/mol. The van der Waals surface area contributed by atoms with E-state index in [0.717, 1.165) is 33.2 Å². The number of aryl methyl sites for hydroxylation is 1. The predicted octanol–water partition coefficient (Wildman–Crippen LogP) is 4.25. The third-order valence-electron chi connectivity index (χ3n) is 4.71. The van der Waals surface area contributed by atoms with Gasteiger partial charge in [-0.3, -0.25) is 14.9 Å². The Kier molecular flexibility index (Phi) is 7.10. The number of pyridine rings is 1. The summed E-state index contributed by atoms with van der Waals surface area (Å²) in [7, 11) is 0. The van der Waals surface area contributed by atoms with Gasteiger partial charge in [-0.05, 0) is 71.7 Å². The summed E-state index contributed by atoms with van der Waals surface area (Å²) < 4.78 is 4.91. The van der Waals surface area contributed by atoms with E-state index in [4.69, 9.17) is 17.0 Å². The fourth-order valence-corrected chi connectivity index (χ4v) is 3.36. The molecule has 3 aromatic rings. The van der Waals surface area contributed by atoms with Gasteiger partial charge in [-0.2, -0.15) is 0 Å². The van der Waals surface area contributed by atoms with Crippen molar-refractivity contribution >= 4 is 46.7 Å². The van der Waals surface area contributed by atoms with Gasteiger partial charge in [0.15, 0.2) is 5.11 Å². The van der Waals surface area contributed by atoms with Crippen molar-refractivity contribution in [3.05, 3.63) is 71.0 Å². The Morgan fingerprint density at radius 1 is 1.03 bits per heavy atom. The van der Waals surface area contributed by atoms with Crippen molar-refractivity contribution in [1.29, 1.82) is 0 Å². The molecule has 1 aliphatic heterocycles. The molecule has 0 saturated carbocycles. The number of carbonyl (C=O) groups is 2. The molecule has 31 heavy (non-hydrogen) atoms. The Morgan fingerprint density at radius 2 is 1.77 bits per heavy atom. The van der Waals surface area contributed by atoms with Gasteiger partial charge in [0.2, 0.25) is 0 Å². The summed E-state index contributed by atoms with van der Waals surface area (Å²) in [5.74, 6) is -0.263. The van der Waals surface area contributed by atoms with Crippen LogP contribution in [0.3, 0.4) is 0 Å². The molecule has 0 bridgehead atoms. The number of fused-ring (bicyclic) bond motifs is 1. The molecule has 2 heterocycles. The molecule has 0 atom stereocenters. The molecule has 2 N–H and O–H groups in total. The Morgan fingerprint density at radius 3 is 2.48 bits per heavy atom. The summed E-state index contributed by atoms with van der Waals surface area (Å²) in [6.07, 6.45) is 1.67. The maximum absolute atomic E-state index is 11.8. The molecule has 0 radical (unpaired) electrons. The van der Waals surface area contributed by atoms with Crippen molar-refractivity contribution in [2.24, 2.45) is 0 Å². The number of ether oxygens (including phenoxy) is 1. The van der Waals surface area contributed by atoms with Gasteiger partial charge in [-0.15, -0.1) is 0 Å². The highest BCUT2D eigenvalue weighted by Crippen LogP contribution is 2.26. The van der Waals surface area contributed by atoms with Crippen molar-refractivity contribution < 1.29 is 14.3 Å². The van der Waals surface area contributed by atoms with E-state index >= 15 is 0 Å². The van der Waals surface area contributed by atoms with Crippen LogP contribution < -0.4 is 10.6 Å². The Hall–Kier alpha value is -3.58. The molecule has 1 aliphatic rings. The van der Waals surface area contributed by atoms with E-state index in [1.165, 1.54) is 0 Å². The zero-order valence-electron chi connectivity index (χ0n) is 17.6. The number of hydrogen-bond donors (Lipinski definition) is 2. The molecule has 0 unspecified atom stereocenters. The molecule has 158 valence electrons. The van der Waals surface area contributed by atoms with Crippen LogP contribution in [-0.2, 0) is 20.9 Å². The SMILES string of the molecule is CC.Cc1ccc(-c2ccc3nc(/C=C4\NC(=S)NC4=O)ccc3c2)cc1COC=O. The van der Waals surface area contributed by atoms with E-state index in [-0.39, 0.29) is 12.5 Å². The minimum Gasteiger partial charge on any atom is -0.463 e. The molecule has 1 saturated heterocycles. The van der Waals surface area contributed by atoms with Crippen LogP contribution in [0, 0.1) is 6.92 Å². The molecule has 6 nitrogen and oxygen atoms in total. The van der Waals surface area contributed by atoms with E-state index < -0.39 is 0 Å². The lowest BCUT2D eigenvalue weighted by atomic mass is 9.98. The van der Waals surface area contributed by atoms with E-state index in [9.17, 15) is 9.59 Å². The number of nitrogens with one attached hydrogen (secondary N) is 2. The summed E-state index contributed by atoms with van der Waals surface area (Å²) in [4.78, 5) is 26.9. The first-order valence-electron chi connectivity index (χ1n) is 9.93. The number of thiocarbonyl (C=S) groups is 1. The van der Waals surface area contributed by atoms with Crippen LogP contribution in [0.25, 0.3) is 28.1 Å². The first-order chi connectivity index (χ1) is 15.0. The van der Waals surface area contributed by atoms with Crippen molar-refractivity contribution in [3.8, 4) is 11.1 Å². The molecule has 7 heteroatoms. The van der Waals surface area contributed by atoms with Gasteiger partial charge in [-0.25, -0.2) is 4.98 Å². The van der Waals surface area contributed by atoms with Crippen molar-refractivity contribution in [2.45, 2.75) is 27.4 Å². The molecular formula is C24H23N3O3S. The van der Waals surface area contributed by atoms with Gasteiger partial charge in [0.25, 0.3) is 12.4 Å². The molecular weight excluding hydrogens is 410 g/mol. The fourth-order valence-electron chi connectivity index (χ4n) is 3.16. The summed E-state index contributed by atoms with van der Waals surface area (Å²) >= 11 is 4.94. The quantitative estimate of drug-likeness (QED) is 0.356. The van der Waals surface area contributed by atoms with Crippen molar-refractivity contribution in [1.82, 2.24) is 15.6 Å². The first-order valence-corrected chi connectivity index (χ1v) is 10.3. The minimum absolute atomic E-state index is 0.251. The number of carbonyl (C=O) groups excluding carboxylic acids is 2. The minimum atomic E-state index is -0.263. The van der Waals surface area contributed by atoms with Crippen LogP contribution in [0.5, 0.6) is 0 Å². The highest BCUT2D eigenvalue weighted by Gasteiger charge is 2.20. The van der Waals surface area contributed by atoms with Crippen LogP contribution in [0.15, 0.2) is 54.2 Å². The number of rotatable bonds is 5. The van der Waals surface area contributed by atoms with Gasteiger partial charge in [0, 0.05) is 5.39 Å². The third kappa shape index (κ3) is 5.13. The fraction of sp³-hybridized carbons (Fsp3) is 0.167. The molecule has 0 aliphatic carbocycles. The predicted molar refractivity (Wildman–Crippen MR) is 126 cm³/mol. The maximum Gasteiger partial charge on any atom is 0.293 e. The third-order valence-corrected chi connectivity index (χ3v) is 4.92. The van der Waals surface area contributed by atoms with Gasteiger partial charge >= 0.3 is 0 Å². The monoisotopic (exact) mass is 433 g/mol. The largest absolute Gasteiger partial charge is 0.463 e. The zero-order chi connectivity index (χ0) is 22.4. The highest BCUT2D eigenvalue weighted by atomic mass is 32.1. The molecule has 0 spiro atoms. The smallest absolute Gasteiger partial charge is 0.293 e. The topological polar surface area (TPSA) is 80.3 Å². The standard InChI is InChI=1S/C22H17N3O3S.C2H6/c1-13-2-3-14(9-17(13)11-28-12-26)15-5-7-19-16(8-15)4-6-18(23-19)10-20-21(27)25-22(29)24-20;1-2/h2-10,12H,11H2,1H3,(H2,24,25,27,29);1-2H3/b20-10-;. The lowest BCUT2D eigenvalue weighted by Crippen LogP contribution is -2.21. The summed E-state index contributed by atoms with van der Waals surface area (Å²) in [5, 5.41) is 6.62. The number of nitrogens with zero attached hydrogens (tertiary/aromatic N) is 1. The van der Waals surface area contributed by atoms with Gasteiger partial charge < -0.3 is 10.1 Å². The van der Waals surface area contributed by atoms with E-state index in [1.54, 1.807) is 6.08 Å². The van der Waals surface area contributed by atoms with Crippen molar-refractivity contribution in [3.63, 3.8) is 0 Å². The lowest BCUT2D eigenvalue weighted by molar-refractivity contribution is -0.129. The van der Waals surface area contributed by atoms with E-state index in [0.29, 0.717) is 23.0 Å². The Balaban J connectivity index is 0.00000132. The van der Waals surface area contributed by atoms with Gasteiger partial charge in [0.1, 0.15) is 12.3 Å². The van der Waals surface area contributed by atoms with E-state index in [2.05, 4.69) is 21.7 Å². The molecule has 4 rings (SSSR count). The molecule has 1 aromatic heterocycles. The average Bonchev–Trinajstić information content (AvgIpc) is 3.10. The second kappa shape index (κ2) is 9.95. The number of benzene rings is 2. The zero-order valence-corrected chi connectivity index (χ0v) is 18.4. The lowest BCUT2D eigenvalue weighted by Gasteiger charge is -2.09. The maximum atomic E-state index is 11.8. The van der Waals surface area contributed by atoms with Crippen LogP contribution >= 0.6 is 12.2 Å². The summed E-state index contributed by atoms with van der Waals surface area (Å²) in [5.41, 5.74) is 5.98. The Bertz CT molecular complexity index is 1190. The number of hydrogen-bond acceptors (Lipinski definition) is 5. The first kappa shape index (κ1) is 22.1. The number of aromatic nitrogens is 1. The molecule has 1 fully saturated rings. The van der Waals surface area contributed by atoms with Gasteiger partial charge in [-0.1, -0.05) is 38.1 Å². The summed E-state index contributed by atoms with van der Waals surface area (Å²) in [6.45, 7) is 6.69. The number of amides is 1. The van der Waals surface area contributed by atoms with Crippen molar-refractivity contribution in [2.75, 3.05) is 0 Å². The second-order valence-electron chi connectivity index (χ2n) is 6.66. The highest BCUT2D eigenvalue weighted by molar-refractivity contribution is 7.80. The van der Waals surface area contributed by atoms with Gasteiger partial charge in [0.05, 0.1) is 11.2 Å². The summed E-state index contributed by atoms with van der Waals surface area (Å²) in [6, 6.07) is 15.9.